The molecule has 1 saturated carbocycles. The van der Waals surface area contributed by atoms with Crippen molar-refractivity contribution >= 4 is 23.2 Å². The molecular weight excluding hydrogens is 196 g/mol. The van der Waals surface area contributed by atoms with Gasteiger partial charge >= 0.3 is 0 Å². The Morgan fingerprint density at radius 2 is 2.00 bits per heavy atom. The fraction of sp³-hybridized carbons (Fsp3) is 0.800. The number of piperidine rings is 1. The van der Waals surface area contributed by atoms with E-state index in [1.165, 1.54) is 12.8 Å². The third-order valence-corrected chi connectivity index (χ3v) is 3.82. The Bertz CT molecular complexity index is 276. The average molecular weight is 210 g/mol. The molecule has 0 aromatic rings. The zero-order chi connectivity index (χ0) is 9.71. The summed E-state index contributed by atoms with van der Waals surface area (Å²) in [6, 6.07) is 0.539. The highest BCUT2D eigenvalue weighted by Gasteiger charge is 2.48. The van der Waals surface area contributed by atoms with Crippen LogP contribution in [0.15, 0.2) is 0 Å². The Morgan fingerprint density at radius 1 is 1.21 bits per heavy atom. The Kier molecular flexibility index (Phi) is 1.81. The molecule has 0 aromatic carbocycles. The van der Waals surface area contributed by atoms with Crippen LogP contribution in [0, 0.1) is 0 Å². The second-order valence-corrected chi connectivity index (χ2v) is 4.79. The normalized spacial score (nSPS) is 32.4. The van der Waals surface area contributed by atoms with Gasteiger partial charge in [-0.05, 0) is 44.3 Å². The van der Waals surface area contributed by atoms with Crippen LogP contribution in [0.1, 0.15) is 32.1 Å². The lowest BCUT2D eigenvalue weighted by Crippen LogP contribution is -2.38. The van der Waals surface area contributed by atoms with Crippen molar-refractivity contribution in [1.82, 2.24) is 9.80 Å². The van der Waals surface area contributed by atoms with E-state index in [-0.39, 0.29) is 11.9 Å². The molecule has 3 fully saturated rings. The summed E-state index contributed by atoms with van der Waals surface area (Å²) in [4.78, 5) is 16.0. The molecule has 0 unspecified atom stereocenters. The van der Waals surface area contributed by atoms with Crippen LogP contribution >= 0.6 is 12.2 Å². The Hall–Kier alpha value is -0.640. The summed E-state index contributed by atoms with van der Waals surface area (Å²) in [7, 11) is 0. The van der Waals surface area contributed by atoms with Crippen molar-refractivity contribution < 1.29 is 4.79 Å². The zero-order valence-electron chi connectivity index (χ0n) is 8.11. The van der Waals surface area contributed by atoms with Gasteiger partial charge in [-0.25, -0.2) is 0 Å². The summed E-state index contributed by atoms with van der Waals surface area (Å²) in [6.45, 7) is 0.985. The van der Waals surface area contributed by atoms with Gasteiger partial charge in [-0.3, -0.25) is 9.69 Å². The number of amides is 1. The highest BCUT2D eigenvalue weighted by Crippen LogP contribution is 2.35. The molecule has 0 spiro atoms. The first-order chi connectivity index (χ1) is 6.79. The molecule has 4 heteroatoms. The van der Waals surface area contributed by atoms with Gasteiger partial charge in [0.1, 0.15) is 6.04 Å². The third kappa shape index (κ3) is 1.10. The number of hydrogen-bond acceptors (Lipinski definition) is 2. The average Bonchev–Trinajstić information content (AvgIpc) is 2.99. The Balaban J connectivity index is 1.88. The van der Waals surface area contributed by atoms with Gasteiger partial charge in [-0.1, -0.05) is 0 Å². The fourth-order valence-electron chi connectivity index (χ4n) is 2.48. The second kappa shape index (κ2) is 2.92. The molecule has 1 amide bonds. The van der Waals surface area contributed by atoms with E-state index in [1.54, 1.807) is 0 Å². The molecule has 76 valence electrons. The number of thiocarbonyl (C=S) groups is 1. The number of rotatable bonds is 1. The summed E-state index contributed by atoms with van der Waals surface area (Å²) < 4.78 is 0. The van der Waals surface area contributed by atoms with Crippen LogP contribution < -0.4 is 0 Å². The molecule has 2 saturated heterocycles. The molecule has 2 aliphatic heterocycles. The lowest BCUT2D eigenvalue weighted by molar-refractivity contribution is -0.129. The van der Waals surface area contributed by atoms with Gasteiger partial charge in [-0.15, -0.1) is 0 Å². The lowest BCUT2D eigenvalue weighted by atomic mass is 10.0. The van der Waals surface area contributed by atoms with Crippen LogP contribution in [0.4, 0.5) is 0 Å². The number of nitrogens with zero attached hydrogens (tertiary/aromatic N) is 2. The maximum absolute atomic E-state index is 12.0. The highest BCUT2D eigenvalue weighted by molar-refractivity contribution is 7.80. The van der Waals surface area contributed by atoms with Gasteiger partial charge < -0.3 is 4.90 Å². The standard InChI is InChI=1S/C10H14N2OS/c13-9-8-3-1-2-6-11(8)10(14)12(9)7-4-5-7/h7-8H,1-6H2/t8-/m0/s1. The molecule has 3 nitrogen and oxygen atoms in total. The van der Waals surface area contributed by atoms with Crippen molar-refractivity contribution in [2.24, 2.45) is 0 Å². The maximum atomic E-state index is 12.0. The third-order valence-electron chi connectivity index (χ3n) is 3.39. The van der Waals surface area contributed by atoms with E-state index in [1.807, 2.05) is 4.90 Å². The SMILES string of the molecule is O=C1[C@@H]2CCCCN2C(=S)N1C1CC1. The summed E-state index contributed by atoms with van der Waals surface area (Å²) in [6.07, 6.45) is 5.65. The highest BCUT2D eigenvalue weighted by atomic mass is 32.1. The van der Waals surface area contributed by atoms with E-state index in [4.69, 9.17) is 12.2 Å². The monoisotopic (exact) mass is 210 g/mol. The minimum absolute atomic E-state index is 0.0943. The topological polar surface area (TPSA) is 23.6 Å². The molecule has 0 radical (unpaired) electrons. The van der Waals surface area contributed by atoms with E-state index in [2.05, 4.69) is 4.90 Å². The van der Waals surface area contributed by atoms with Crippen molar-refractivity contribution in [2.45, 2.75) is 44.2 Å². The van der Waals surface area contributed by atoms with E-state index < -0.39 is 0 Å². The Morgan fingerprint density at radius 3 is 2.64 bits per heavy atom. The summed E-state index contributed by atoms with van der Waals surface area (Å²) in [5, 5.41) is 0.808. The summed E-state index contributed by atoms with van der Waals surface area (Å²) in [5.41, 5.74) is 0. The van der Waals surface area contributed by atoms with Crippen LogP contribution in [-0.2, 0) is 4.79 Å². The van der Waals surface area contributed by atoms with E-state index in [0.29, 0.717) is 6.04 Å². The lowest BCUT2D eigenvalue weighted by Gasteiger charge is -2.27. The number of hydrogen-bond donors (Lipinski definition) is 0. The van der Waals surface area contributed by atoms with Crippen LogP contribution in [0.2, 0.25) is 0 Å². The van der Waals surface area contributed by atoms with Gasteiger partial charge in [0.2, 0.25) is 0 Å². The smallest absolute Gasteiger partial charge is 0.251 e. The van der Waals surface area contributed by atoms with Crippen molar-refractivity contribution in [3.05, 3.63) is 0 Å². The molecule has 3 rings (SSSR count). The fourth-order valence-corrected chi connectivity index (χ4v) is 2.94. The van der Waals surface area contributed by atoms with Gasteiger partial charge in [-0.2, -0.15) is 0 Å². The first kappa shape index (κ1) is 8.65. The molecule has 2 heterocycles. The van der Waals surface area contributed by atoms with Gasteiger partial charge in [0, 0.05) is 12.6 Å². The quantitative estimate of drug-likeness (QED) is 0.606. The Labute approximate surface area is 89.0 Å². The van der Waals surface area contributed by atoms with Gasteiger partial charge in [0.25, 0.3) is 5.91 Å². The number of fused-ring (bicyclic) bond motifs is 1. The predicted octanol–water partition coefficient (Wildman–Crippen LogP) is 1.13. The zero-order valence-corrected chi connectivity index (χ0v) is 8.92. The van der Waals surface area contributed by atoms with Crippen molar-refractivity contribution in [1.29, 1.82) is 0 Å². The molecular formula is C10H14N2OS. The summed E-state index contributed by atoms with van der Waals surface area (Å²) >= 11 is 5.36. The molecule has 0 bridgehead atoms. The van der Waals surface area contributed by atoms with Crippen molar-refractivity contribution in [2.75, 3.05) is 6.54 Å². The first-order valence-corrected chi connectivity index (χ1v) is 5.83. The number of carbonyl (C=O) groups excluding carboxylic acids is 1. The number of carbonyl (C=O) groups is 1. The van der Waals surface area contributed by atoms with Crippen molar-refractivity contribution in [3.8, 4) is 0 Å². The van der Waals surface area contributed by atoms with Gasteiger partial charge in [0.15, 0.2) is 5.11 Å². The van der Waals surface area contributed by atoms with Crippen LogP contribution in [0.5, 0.6) is 0 Å². The first-order valence-electron chi connectivity index (χ1n) is 5.43. The summed E-state index contributed by atoms with van der Waals surface area (Å²) in [5.74, 6) is 0.275. The molecule has 0 aromatic heterocycles. The largest absolute Gasteiger partial charge is 0.337 e. The maximum Gasteiger partial charge on any atom is 0.251 e. The second-order valence-electron chi connectivity index (χ2n) is 4.43. The van der Waals surface area contributed by atoms with E-state index >= 15 is 0 Å². The molecule has 0 N–H and O–H groups in total. The van der Waals surface area contributed by atoms with E-state index in [9.17, 15) is 4.79 Å². The van der Waals surface area contributed by atoms with Crippen LogP contribution in [0.25, 0.3) is 0 Å². The molecule has 3 aliphatic rings. The molecule has 1 atom stereocenters. The predicted molar refractivity (Wildman–Crippen MR) is 56.8 cm³/mol. The van der Waals surface area contributed by atoms with E-state index in [0.717, 1.165) is 30.9 Å². The molecule has 14 heavy (non-hydrogen) atoms. The minimum Gasteiger partial charge on any atom is -0.337 e. The minimum atomic E-state index is 0.0943. The van der Waals surface area contributed by atoms with Gasteiger partial charge in [0.05, 0.1) is 0 Å². The van der Waals surface area contributed by atoms with Crippen LogP contribution in [-0.4, -0.2) is 39.4 Å². The van der Waals surface area contributed by atoms with Crippen molar-refractivity contribution in [3.63, 3.8) is 0 Å². The van der Waals surface area contributed by atoms with Crippen LogP contribution in [0.3, 0.4) is 0 Å². The molecule has 1 aliphatic carbocycles.